The Kier molecular flexibility index (Phi) is 3.41. The van der Waals surface area contributed by atoms with Crippen molar-refractivity contribution in [3.8, 4) is 0 Å². The molecule has 12 heavy (non-hydrogen) atoms. The first-order valence-corrected chi connectivity index (χ1v) is 4.98. The van der Waals surface area contributed by atoms with Crippen molar-refractivity contribution in [2.75, 3.05) is 6.67 Å². The van der Waals surface area contributed by atoms with Crippen LogP contribution in [0.2, 0.25) is 0 Å². The third-order valence-electron chi connectivity index (χ3n) is 1.56. The SMILES string of the molecule is CC(CF)S(=O)c1ccccc1. The Morgan fingerprint density at radius 2 is 2.00 bits per heavy atom. The van der Waals surface area contributed by atoms with E-state index < -0.39 is 22.7 Å². The van der Waals surface area contributed by atoms with Gasteiger partial charge in [-0.1, -0.05) is 18.2 Å². The maximum absolute atomic E-state index is 12.1. The number of benzene rings is 1. The van der Waals surface area contributed by atoms with Gasteiger partial charge < -0.3 is 0 Å². The summed E-state index contributed by atoms with van der Waals surface area (Å²) in [5.74, 6) is 0. The molecule has 2 unspecified atom stereocenters. The van der Waals surface area contributed by atoms with Gasteiger partial charge >= 0.3 is 0 Å². The van der Waals surface area contributed by atoms with Gasteiger partial charge in [-0.05, 0) is 19.1 Å². The zero-order chi connectivity index (χ0) is 8.97. The normalized spacial score (nSPS) is 15.5. The number of halogens is 1. The summed E-state index contributed by atoms with van der Waals surface area (Å²) in [5.41, 5.74) is 0. The highest BCUT2D eigenvalue weighted by Crippen LogP contribution is 2.10. The first kappa shape index (κ1) is 9.39. The van der Waals surface area contributed by atoms with Crippen molar-refractivity contribution in [2.24, 2.45) is 0 Å². The van der Waals surface area contributed by atoms with Crippen LogP contribution >= 0.6 is 0 Å². The average molecular weight is 186 g/mol. The second-order valence-corrected chi connectivity index (χ2v) is 4.45. The van der Waals surface area contributed by atoms with Crippen LogP contribution in [0.4, 0.5) is 4.39 Å². The van der Waals surface area contributed by atoms with Crippen molar-refractivity contribution in [1.29, 1.82) is 0 Å². The molecule has 0 saturated heterocycles. The molecule has 0 aliphatic heterocycles. The molecule has 0 heterocycles. The molecule has 0 aliphatic carbocycles. The van der Waals surface area contributed by atoms with E-state index in [1.165, 1.54) is 0 Å². The zero-order valence-electron chi connectivity index (χ0n) is 6.87. The van der Waals surface area contributed by atoms with Crippen LogP contribution in [0.1, 0.15) is 6.92 Å². The van der Waals surface area contributed by atoms with Gasteiger partial charge in [0.05, 0.1) is 16.0 Å². The Morgan fingerprint density at radius 1 is 1.42 bits per heavy atom. The van der Waals surface area contributed by atoms with Gasteiger partial charge in [0.2, 0.25) is 0 Å². The molecule has 66 valence electrons. The van der Waals surface area contributed by atoms with E-state index in [1.54, 1.807) is 31.2 Å². The highest BCUT2D eigenvalue weighted by Gasteiger charge is 2.11. The van der Waals surface area contributed by atoms with Crippen LogP contribution in [-0.4, -0.2) is 16.1 Å². The highest BCUT2D eigenvalue weighted by molar-refractivity contribution is 7.85. The molecule has 1 aromatic carbocycles. The molecule has 1 aromatic rings. The van der Waals surface area contributed by atoms with Gasteiger partial charge in [-0.25, -0.2) is 4.39 Å². The fourth-order valence-corrected chi connectivity index (χ4v) is 1.85. The van der Waals surface area contributed by atoms with Crippen LogP contribution in [0.5, 0.6) is 0 Å². The maximum atomic E-state index is 12.1. The summed E-state index contributed by atoms with van der Waals surface area (Å²) in [7, 11) is -1.20. The van der Waals surface area contributed by atoms with Crippen molar-refractivity contribution in [3.05, 3.63) is 30.3 Å². The van der Waals surface area contributed by atoms with Gasteiger partial charge in [-0.2, -0.15) is 0 Å². The van der Waals surface area contributed by atoms with Gasteiger partial charge in [0.15, 0.2) is 0 Å². The molecule has 2 atom stereocenters. The Morgan fingerprint density at radius 3 is 2.50 bits per heavy atom. The van der Waals surface area contributed by atoms with E-state index in [1.807, 2.05) is 6.07 Å². The number of hydrogen-bond acceptors (Lipinski definition) is 1. The fourth-order valence-electron chi connectivity index (χ4n) is 0.844. The second-order valence-electron chi connectivity index (χ2n) is 2.58. The van der Waals surface area contributed by atoms with Gasteiger partial charge in [-0.15, -0.1) is 0 Å². The molecule has 3 heteroatoms. The number of rotatable bonds is 3. The van der Waals surface area contributed by atoms with E-state index in [0.717, 1.165) is 0 Å². The molecule has 0 aromatic heterocycles. The molecule has 0 radical (unpaired) electrons. The van der Waals surface area contributed by atoms with Gasteiger partial charge in [0.1, 0.15) is 6.67 Å². The third kappa shape index (κ3) is 2.14. The van der Waals surface area contributed by atoms with Crippen LogP contribution in [-0.2, 0) is 10.8 Å². The lowest BCUT2D eigenvalue weighted by Gasteiger charge is -2.05. The second kappa shape index (κ2) is 4.36. The van der Waals surface area contributed by atoms with Crippen molar-refractivity contribution in [1.82, 2.24) is 0 Å². The van der Waals surface area contributed by atoms with Gasteiger partial charge in [0, 0.05) is 4.90 Å². The molecule has 0 N–H and O–H groups in total. The lowest BCUT2D eigenvalue weighted by molar-refractivity contribution is 0.488. The lowest BCUT2D eigenvalue weighted by Crippen LogP contribution is -2.12. The van der Waals surface area contributed by atoms with Crippen LogP contribution in [0, 0.1) is 0 Å². The molecule has 0 bridgehead atoms. The summed E-state index contributed by atoms with van der Waals surface area (Å²) in [6.45, 7) is 1.10. The van der Waals surface area contributed by atoms with Crippen molar-refractivity contribution in [2.45, 2.75) is 17.1 Å². The van der Waals surface area contributed by atoms with E-state index in [2.05, 4.69) is 0 Å². The van der Waals surface area contributed by atoms with Crippen LogP contribution in [0.25, 0.3) is 0 Å². The molecule has 1 nitrogen and oxygen atoms in total. The van der Waals surface area contributed by atoms with Gasteiger partial charge in [0.25, 0.3) is 0 Å². The Bertz CT molecular complexity index is 260. The van der Waals surface area contributed by atoms with Crippen LogP contribution < -0.4 is 0 Å². The number of alkyl halides is 1. The van der Waals surface area contributed by atoms with Crippen molar-refractivity contribution < 1.29 is 8.60 Å². The minimum atomic E-state index is -1.20. The predicted molar refractivity (Wildman–Crippen MR) is 48.3 cm³/mol. The quantitative estimate of drug-likeness (QED) is 0.707. The summed E-state index contributed by atoms with van der Waals surface area (Å²) >= 11 is 0. The third-order valence-corrected chi connectivity index (χ3v) is 3.15. The van der Waals surface area contributed by atoms with E-state index >= 15 is 0 Å². The lowest BCUT2D eigenvalue weighted by atomic mass is 10.4. The van der Waals surface area contributed by atoms with E-state index in [4.69, 9.17) is 0 Å². The Hall–Kier alpha value is -0.700. The summed E-state index contributed by atoms with van der Waals surface area (Å²) < 4.78 is 23.6. The molecule has 0 saturated carbocycles. The standard InChI is InChI=1S/C9H11FOS/c1-8(7-10)12(11)9-5-3-2-4-6-9/h2-6,8H,7H2,1H3. The van der Waals surface area contributed by atoms with Crippen molar-refractivity contribution in [3.63, 3.8) is 0 Å². The highest BCUT2D eigenvalue weighted by atomic mass is 32.2. The van der Waals surface area contributed by atoms with E-state index in [-0.39, 0.29) is 0 Å². The topological polar surface area (TPSA) is 17.1 Å². The zero-order valence-corrected chi connectivity index (χ0v) is 7.68. The summed E-state index contributed by atoms with van der Waals surface area (Å²) in [6.07, 6.45) is 0. The molecule has 0 aliphatic rings. The maximum Gasteiger partial charge on any atom is 0.104 e. The largest absolute Gasteiger partial charge is 0.254 e. The van der Waals surface area contributed by atoms with Gasteiger partial charge in [-0.3, -0.25) is 4.21 Å². The molecular weight excluding hydrogens is 175 g/mol. The predicted octanol–water partition coefficient (Wildman–Crippen LogP) is 2.15. The van der Waals surface area contributed by atoms with Crippen molar-refractivity contribution >= 4 is 10.8 Å². The average Bonchev–Trinajstić information content (AvgIpc) is 2.17. The minimum Gasteiger partial charge on any atom is -0.254 e. The summed E-state index contributed by atoms with van der Waals surface area (Å²) in [4.78, 5) is 0.697. The summed E-state index contributed by atoms with van der Waals surface area (Å²) in [6, 6.07) is 8.96. The van der Waals surface area contributed by atoms with E-state index in [9.17, 15) is 8.60 Å². The molecule has 0 amide bonds. The van der Waals surface area contributed by atoms with E-state index in [0.29, 0.717) is 4.90 Å². The van der Waals surface area contributed by atoms with Crippen LogP contribution in [0.3, 0.4) is 0 Å². The molecule has 0 spiro atoms. The summed E-state index contributed by atoms with van der Waals surface area (Å²) in [5, 5.41) is -0.410. The first-order chi connectivity index (χ1) is 5.75. The Balaban J connectivity index is 2.79. The smallest absolute Gasteiger partial charge is 0.104 e. The first-order valence-electron chi connectivity index (χ1n) is 3.77. The Labute approximate surface area is 74.1 Å². The molecular formula is C9H11FOS. The minimum absolute atomic E-state index is 0.410. The molecule has 1 rings (SSSR count). The molecule has 0 fully saturated rings. The monoisotopic (exact) mass is 186 g/mol. The number of hydrogen-bond donors (Lipinski definition) is 0. The van der Waals surface area contributed by atoms with Crippen LogP contribution in [0.15, 0.2) is 35.2 Å². The fraction of sp³-hybridized carbons (Fsp3) is 0.333.